The van der Waals surface area contributed by atoms with Gasteiger partial charge in [0.25, 0.3) is 0 Å². The maximum Gasteiger partial charge on any atom is 0.232 e. The molecule has 6 heteroatoms. The summed E-state index contributed by atoms with van der Waals surface area (Å²) in [5.41, 5.74) is 5.19. The molecule has 2 rings (SSSR count). The Hall–Kier alpha value is -2.34. The Kier molecular flexibility index (Phi) is 8.26. The standard InChI is InChI=1S/C23H32N2O3S/c1-18-9-5-11-21(17-18)12-7-15-24-23(26)14-8-16-25(29(4,27)28)22-13-6-10-19(2)20(22)3/h5-6,9-11,13,17H,7-8,12,14-16H2,1-4H3,(H,24,26). The van der Waals surface area contributed by atoms with Gasteiger partial charge in [-0.2, -0.15) is 0 Å². The van der Waals surface area contributed by atoms with Crippen LogP contribution in [0.1, 0.15) is 41.5 Å². The molecular weight excluding hydrogens is 384 g/mol. The Bertz CT molecular complexity index is 939. The molecule has 0 atom stereocenters. The number of nitrogens with one attached hydrogen (secondary N) is 1. The van der Waals surface area contributed by atoms with Crippen molar-refractivity contribution in [3.8, 4) is 0 Å². The van der Waals surface area contributed by atoms with Crippen molar-refractivity contribution in [1.82, 2.24) is 5.32 Å². The summed E-state index contributed by atoms with van der Waals surface area (Å²) in [5, 5.41) is 2.93. The minimum Gasteiger partial charge on any atom is -0.356 e. The maximum absolute atomic E-state index is 12.3. The van der Waals surface area contributed by atoms with Gasteiger partial charge in [-0.1, -0.05) is 42.0 Å². The van der Waals surface area contributed by atoms with E-state index < -0.39 is 10.0 Å². The van der Waals surface area contributed by atoms with Gasteiger partial charge in [-0.3, -0.25) is 9.10 Å². The summed E-state index contributed by atoms with van der Waals surface area (Å²) in [7, 11) is -3.41. The minimum atomic E-state index is -3.41. The first-order valence-corrected chi connectivity index (χ1v) is 11.9. The Morgan fingerprint density at radius 1 is 1.03 bits per heavy atom. The molecule has 0 unspecified atom stereocenters. The van der Waals surface area contributed by atoms with Crippen LogP contribution in [0.2, 0.25) is 0 Å². The summed E-state index contributed by atoms with van der Waals surface area (Å²) in [6.45, 7) is 6.87. The highest BCUT2D eigenvalue weighted by atomic mass is 32.2. The normalized spacial score (nSPS) is 11.3. The summed E-state index contributed by atoms with van der Waals surface area (Å²) in [5.74, 6) is -0.0383. The molecule has 2 aromatic rings. The van der Waals surface area contributed by atoms with Crippen molar-refractivity contribution >= 4 is 21.6 Å². The van der Waals surface area contributed by atoms with Crippen LogP contribution in [0, 0.1) is 20.8 Å². The number of aryl methyl sites for hydroxylation is 3. The van der Waals surface area contributed by atoms with Gasteiger partial charge in [0.1, 0.15) is 0 Å². The van der Waals surface area contributed by atoms with E-state index >= 15 is 0 Å². The van der Waals surface area contributed by atoms with Gasteiger partial charge in [0, 0.05) is 19.5 Å². The fourth-order valence-electron chi connectivity index (χ4n) is 3.33. The molecular formula is C23H32N2O3S. The molecule has 0 saturated heterocycles. The third-order valence-electron chi connectivity index (χ3n) is 5.06. The van der Waals surface area contributed by atoms with Crippen LogP contribution in [0.15, 0.2) is 42.5 Å². The SMILES string of the molecule is Cc1cccc(CCCNC(=O)CCCN(c2cccc(C)c2C)S(C)(=O)=O)c1. The summed E-state index contributed by atoms with van der Waals surface area (Å²) >= 11 is 0. The summed E-state index contributed by atoms with van der Waals surface area (Å²) in [6.07, 6.45) is 3.80. The number of amides is 1. The summed E-state index contributed by atoms with van der Waals surface area (Å²) in [6, 6.07) is 14.0. The minimum absolute atomic E-state index is 0.0383. The number of nitrogens with zero attached hydrogens (tertiary/aromatic N) is 1. The molecule has 0 heterocycles. The molecule has 29 heavy (non-hydrogen) atoms. The molecule has 158 valence electrons. The topological polar surface area (TPSA) is 66.5 Å². The second-order valence-corrected chi connectivity index (χ2v) is 9.51. The summed E-state index contributed by atoms with van der Waals surface area (Å²) in [4.78, 5) is 12.1. The zero-order valence-electron chi connectivity index (χ0n) is 17.9. The average molecular weight is 417 g/mol. The molecule has 1 amide bonds. The van der Waals surface area contributed by atoms with Crippen molar-refractivity contribution in [3.63, 3.8) is 0 Å². The predicted octanol–water partition coefficient (Wildman–Crippen LogP) is 3.91. The van der Waals surface area contributed by atoms with E-state index in [1.165, 1.54) is 21.7 Å². The van der Waals surface area contributed by atoms with Gasteiger partial charge >= 0.3 is 0 Å². The number of carbonyl (C=O) groups is 1. The van der Waals surface area contributed by atoms with Gasteiger partial charge in [-0.25, -0.2) is 8.42 Å². The van der Waals surface area contributed by atoms with E-state index in [4.69, 9.17) is 0 Å². The van der Waals surface area contributed by atoms with E-state index in [-0.39, 0.29) is 5.91 Å². The largest absolute Gasteiger partial charge is 0.356 e. The predicted molar refractivity (Wildman–Crippen MR) is 120 cm³/mol. The van der Waals surface area contributed by atoms with Crippen LogP contribution in [0.25, 0.3) is 0 Å². The molecule has 0 radical (unpaired) electrons. The van der Waals surface area contributed by atoms with Crippen molar-refractivity contribution in [3.05, 3.63) is 64.7 Å². The van der Waals surface area contributed by atoms with E-state index in [2.05, 4.69) is 30.4 Å². The van der Waals surface area contributed by atoms with Crippen molar-refractivity contribution in [2.24, 2.45) is 0 Å². The number of carbonyl (C=O) groups excluding carboxylic acids is 1. The fourth-order valence-corrected chi connectivity index (χ4v) is 4.35. The zero-order valence-corrected chi connectivity index (χ0v) is 18.7. The Morgan fingerprint density at radius 3 is 2.45 bits per heavy atom. The van der Waals surface area contributed by atoms with E-state index in [9.17, 15) is 13.2 Å². The molecule has 2 aromatic carbocycles. The molecule has 5 nitrogen and oxygen atoms in total. The molecule has 1 N–H and O–H groups in total. The lowest BCUT2D eigenvalue weighted by atomic mass is 10.1. The first-order chi connectivity index (χ1) is 13.7. The fraction of sp³-hybridized carbons (Fsp3) is 0.435. The van der Waals surface area contributed by atoms with Gasteiger partial charge in [0.2, 0.25) is 15.9 Å². The number of anilines is 1. The molecule has 0 spiro atoms. The number of hydrogen-bond acceptors (Lipinski definition) is 3. The third kappa shape index (κ3) is 7.20. The first kappa shape index (κ1) is 22.9. The van der Waals surface area contributed by atoms with Crippen LogP contribution >= 0.6 is 0 Å². The van der Waals surface area contributed by atoms with Gasteiger partial charge in [-0.05, 0) is 62.8 Å². The van der Waals surface area contributed by atoms with Gasteiger partial charge in [0.15, 0.2) is 0 Å². The second kappa shape index (κ2) is 10.4. The smallest absolute Gasteiger partial charge is 0.232 e. The van der Waals surface area contributed by atoms with Gasteiger partial charge in [-0.15, -0.1) is 0 Å². The number of sulfonamides is 1. The molecule has 0 aliphatic carbocycles. The van der Waals surface area contributed by atoms with Crippen LogP contribution in [-0.4, -0.2) is 33.7 Å². The van der Waals surface area contributed by atoms with Crippen LogP contribution in [-0.2, 0) is 21.2 Å². The Balaban J connectivity index is 1.80. The van der Waals surface area contributed by atoms with Crippen LogP contribution in [0.5, 0.6) is 0 Å². The zero-order chi connectivity index (χ0) is 21.4. The van der Waals surface area contributed by atoms with Crippen LogP contribution < -0.4 is 9.62 Å². The lowest BCUT2D eigenvalue weighted by molar-refractivity contribution is -0.121. The monoisotopic (exact) mass is 416 g/mol. The highest BCUT2D eigenvalue weighted by molar-refractivity contribution is 7.92. The molecule has 0 bridgehead atoms. The van der Waals surface area contributed by atoms with E-state index in [1.54, 1.807) is 0 Å². The third-order valence-corrected chi connectivity index (χ3v) is 6.24. The molecule has 0 fully saturated rings. The van der Waals surface area contributed by atoms with E-state index in [0.717, 1.165) is 24.0 Å². The van der Waals surface area contributed by atoms with E-state index in [0.29, 0.717) is 31.6 Å². The Morgan fingerprint density at radius 2 is 1.76 bits per heavy atom. The number of rotatable bonds is 10. The number of benzene rings is 2. The average Bonchev–Trinajstić information content (AvgIpc) is 2.64. The molecule has 0 saturated carbocycles. The molecule has 0 aliphatic rings. The second-order valence-electron chi connectivity index (χ2n) is 7.60. The van der Waals surface area contributed by atoms with Gasteiger partial charge in [0.05, 0.1) is 11.9 Å². The van der Waals surface area contributed by atoms with Crippen LogP contribution in [0.4, 0.5) is 5.69 Å². The number of hydrogen-bond donors (Lipinski definition) is 1. The highest BCUT2D eigenvalue weighted by Gasteiger charge is 2.19. The highest BCUT2D eigenvalue weighted by Crippen LogP contribution is 2.25. The lowest BCUT2D eigenvalue weighted by Gasteiger charge is -2.24. The lowest BCUT2D eigenvalue weighted by Crippen LogP contribution is -2.33. The quantitative estimate of drug-likeness (QED) is 0.597. The van der Waals surface area contributed by atoms with E-state index in [1.807, 2.05) is 38.1 Å². The van der Waals surface area contributed by atoms with Crippen molar-refractivity contribution in [1.29, 1.82) is 0 Å². The van der Waals surface area contributed by atoms with Gasteiger partial charge < -0.3 is 5.32 Å². The maximum atomic E-state index is 12.3. The van der Waals surface area contributed by atoms with Crippen molar-refractivity contribution < 1.29 is 13.2 Å². The van der Waals surface area contributed by atoms with Crippen LogP contribution in [0.3, 0.4) is 0 Å². The van der Waals surface area contributed by atoms with Crippen molar-refractivity contribution in [2.75, 3.05) is 23.7 Å². The summed E-state index contributed by atoms with van der Waals surface area (Å²) < 4.78 is 25.9. The first-order valence-electron chi connectivity index (χ1n) is 10.0. The Labute approximate surface area is 175 Å². The molecule has 0 aliphatic heterocycles. The van der Waals surface area contributed by atoms with Crippen molar-refractivity contribution in [2.45, 2.75) is 46.5 Å². The molecule has 0 aromatic heterocycles.